The van der Waals surface area contributed by atoms with Gasteiger partial charge in [-0.1, -0.05) is 12.1 Å². The van der Waals surface area contributed by atoms with Gasteiger partial charge in [-0.05, 0) is 47.5 Å². The average molecular weight is 324 g/mol. The third-order valence-electron chi connectivity index (χ3n) is 3.02. The maximum Gasteiger partial charge on any atom is 0.119 e. The molecule has 5 heteroatoms. The third kappa shape index (κ3) is 2.82. The van der Waals surface area contributed by atoms with Crippen LogP contribution in [0.3, 0.4) is 0 Å². The quantitative estimate of drug-likeness (QED) is 0.939. The van der Waals surface area contributed by atoms with Crippen LogP contribution in [0, 0.1) is 0 Å². The van der Waals surface area contributed by atoms with E-state index in [0.29, 0.717) is 0 Å². The zero-order valence-corrected chi connectivity index (χ0v) is 12.9. The van der Waals surface area contributed by atoms with Crippen molar-refractivity contribution in [1.82, 2.24) is 9.78 Å². The molecule has 102 valence electrons. The first-order valence-corrected chi connectivity index (χ1v) is 6.96. The molecule has 1 atom stereocenters. The van der Waals surface area contributed by atoms with Gasteiger partial charge in [-0.2, -0.15) is 5.10 Å². The average Bonchev–Trinajstić information content (AvgIpc) is 2.80. The molecule has 0 aliphatic rings. The molecular formula is C14H18BrN3O. The number of halogens is 1. The largest absolute Gasteiger partial charge is 0.497 e. The van der Waals surface area contributed by atoms with Crippen LogP contribution in [0.15, 0.2) is 34.9 Å². The minimum atomic E-state index is -0.241. The molecular weight excluding hydrogens is 306 g/mol. The highest BCUT2D eigenvalue weighted by Crippen LogP contribution is 2.30. The molecule has 0 fully saturated rings. The zero-order valence-electron chi connectivity index (χ0n) is 11.3. The summed E-state index contributed by atoms with van der Waals surface area (Å²) >= 11 is 3.52. The van der Waals surface area contributed by atoms with Crippen molar-refractivity contribution >= 4 is 15.9 Å². The topological polar surface area (TPSA) is 53.1 Å². The first-order chi connectivity index (χ1) is 9.04. The van der Waals surface area contributed by atoms with Crippen molar-refractivity contribution < 1.29 is 4.74 Å². The van der Waals surface area contributed by atoms with Crippen LogP contribution in [-0.4, -0.2) is 16.9 Å². The molecule has 0 saturated heterocycles. The lowest BCUT2D eigenvalue weighted by molar-refractivity contribution is 0.414. The summed E-state index contributed by atoms with van der Waals surface area (Å²) in [6.07, 6.45) is 1.79. The van der Waals surface area contributed by atoms with E-state index in [1.807, 2.05) is 28.9 Å². The Morgan fingerprint density at radius 1 is 1.37 bits per heavy atom. The highest BCUT2D eigenvalue weighted by atomic mass is 79.9. The molecule has 0 saturated carbocycles. The van der Waals surface area contributed by atoms with Crippen molar-refractivity contribution in [2.45, 2.75) is 25.9 Å². The summed E-state index contributed by atoms with van der Waals surface area (Å²) in [5.41, 5.74) is 8.35. The second-order valence-corrected chi connectivity index (χ2v) is 5.52. The molecule has 2 aromatic rings. The van der Waals surface area contributed by atoms with Gasteiger partial charge >= 0.3 is 0 Å². The standard InChI is InChI=1S/C14H18BrN3O/c1-9(2)18-14(12(15)8-17-18)13(16)10-5-4-6-11(7-10)19-3/h4-9,13H,16H2,1-3H3. The van der Waals surface area contributed by atoms with Gasteiger partial charge in [0.15, 0.2) is 0 Å². The van der Waals surface area contributed by atoms with E-state index >= 15 is 0 Å². The van der Waals surface area contributed by atoms with Crippen molar-refractivity contribution in [2.75, 3.05) is 7.11 Å². The van der Waals surface area contributed by atoms with Crippen LogP contribution >= 0.6 is 15.9 Å². The monoisotopic (exact) mass is 323 g/mol. The fourth-order valence-electron chi connectivity index (χ4n) is 2.05. The molecule has 0 spiro atoms. The van der Waals surface area contributed by atoms with Gasteiger partial charge in [0.25, 0.3) is 0 Å². The van der Waals surface area contributed by atoms with Gasteiger partial charge < -0.3 is 10.5 Å². The van der Waals surface area contributed by atoms with E-state index in [-0.39, 0.29) is 12.1 Å². The van der Waals surface area contributed by atoms with Crippen molar-refractivity contribution in [2.24, 2.45) is 5.73 Å². The molecule has 0 aliphatic heterocycles. The second kappa shape index (κ2) is 5.75. The summed E-state index contributed by atoms with van der Waals surface area (Å²) in [5.74, 6) is 0.805. The summed E-state index contributed by atoms with van der Waals surface area (Å²) in [6.45, 7) is 4.17. The van der Waals surface area contributed by atoms with Crippen LogP contribution in [0.4, 0.5) is 0 Å². The molecule has 2 rings (SSSR count). The van der Waals surface area contributed by atoms with E-state index in [9.17, 15) is 0 Å². The van der Waals surface area contributed by atoms with Crippen LogP contribution < -0.4 is 10.5 Å². The Labute approximate surface area is 121 Å². The van der Waals surface area contributed by atoms with E-state index in [2.05, 4.69) is 34.9 Å². The minimum Gasteiger partial charge on any atom is -0.497 e. The third-order valence-corrected chi connectivity index (χ3v) is 3.63. The van der Waals surface area contributed by atoms with Crippen molar-refractivity contribution in [1.29, 1.82) is 0 Å². The SMILES string of the molecule is COc1cccc(C(N)c2c(Br)cnn2C(C)C)c1. The fraction of sp³-hybridized carbons (Fsp3) is 0.357. The maximum atomic E-state index is 6.38. The molecule has 1 heterocycles. The highest BCUT2D eigenvalue weighted by Gasteiger charge is 2.20. The predicted molar refractivity (Wildman–Crippen MR) is 79.3 cm³/mol. The number of benzene rings is 1. The molecule has 4 nitrogen and oxygen atoms in total. The van der Waals surface area contributed by atoms with E-state index in [4.69, 9.17) is 10.5 Å². The summed E-state index contributed by atoms with van der Waals surface area (Å²) in [4.78, 5) is 0. The lowest BCUT2D eigenvalue weighted by Crippen LogP contribution is -2.19. The van der Waals surface area contributed by atoms with E-state index in [0.717, 1.165) is 21.5 Å². The smallest absolute Gasteiger partial charge is 0.119 e. The molecule has 0 radical (unpaired) electrons. The van der Waals surface area contributed by atoms with Crippen LogP contribution in [0.5, 0.6) is 5.75 Å². The molecule has 0 bridgehead atoms. The number of hydrogen-bond donors (Lipinski definition) is 1. The lowest BCUT2D eigenvalue weighted by Gasteiger charge is -2.18. The Bertz CT molecular complexity index is 566. The number of aromatic nitrogens is 2. The van der Waals surface area contributed by atoms with Gasteiger partial charge in [0.05, 0.1) is 29.5 Å². The first kappa shape index (κ1) is 14.1. The van der Waals surface area contributed by atoms with Crippen molar-refractivity contribution in [3.63, 3.8) is 0 Å². The second-order valence-electron chi connectivity index (χ2n) is 4.67. The van der Waals surface area contributed by atoms with E-state index in [1.54, 1.807) is 13.3 Å². The molecule has 1 aromatic heterocycles. The molecule has 2 N–H and O–H groups in total. The van der Waals surface area contributed by atoms with Crippen molar-refractivity contribution in [3.8, 4) is 5.75 Å². The van der Waals surface area contributed by atoms with Gasteiger partial charge in [0.2, 0.25) is 0 Å². The lowest BCUT2D eigenvalue weighted by atomic mass is 10.0. The normalized spacial score (nSPS) is 12.7. The van der Waals surface area contributed by atoms with Gasteiger partial charge in [-0.3, -0.25) is 4.68 Å². The number of hydrogen-bond acceptors (Lipinski definition) is 3. The van der Waals surface area contributed by atoms with Gasteiger partial charge in [0, 0.05) is 6.04 Å². The number of nitrogens with zero attached hydrogens (tertiary/aromatic N) is 2. The maximum absolute atomic E-state index is 6.38. The number of methoxy groups -OCH3 is 1. The summed E-state index contributed by atoms with van der Waals surface area (Å²) in [6, 6.07) is 7.82. The molecule has 0 amide bonds. The van der Waals surface area contributed by atoms with E-state index in [1.165, 1.54) is 0 Å². The van der Waals surface area contributed by atoms with E-state index < -0.39 is 0 Å². The molecule has 1 aromatic carbocycles. The predicted octanol–water partition coefficient (Wildman–Crippen LogP) is 3.28. The van der Waals surface area contributed by atoms with Crippen LogP contribution in [0.25, 0.3) is 0 Å². The van der Waals surface area contributed by atoms with Gasteiger partial charge in [-0.25, -0.2) is 0 Å². The van der Waals surface area contributed by atoms with Crippen LogP contribution in [0.1, 0.15) is 37.2 Å². The fourth-order valence-corrected chi connectivity index (χ4v) is 2.57. The molecule has 19 heavy (non-hydrogen) atoms. The Balaban J connectivity index is 2.43. The Morgan fingerprint density at radius 3 is 2.74 bits per heavy atom. The molecule has 1 unspecified atom stereocenters. The Hall–Kier alpha value is -1.33. The highest BCUT2D eigenvalue weighted by molar-refractivity contribution is 9.10. The Morgan fingerprint density at radius 2 is 2.11 bits per heavy atom. The summed E-state index contributed by atoms with van der Waals surface area (Å²) in [7, 11) is 1.65. The molecule has 0 aliphatic carbocycles. The first-order valence-electron chi connectivity index (χ1n) is 6.17. The van der Waals surface area contributed by atoms with Crippen LogP contribution in [-0.2, 0) is 0 Å². The summed E-state index contributed by atoms with van der Waals surface area (Å²) in [5, 5.41) is 4.36. The van der Waals surface area contributed by atoms with Gasteiger partial charge in [0.1, 0.15) is 5.75 Å². The van der Waals surface area contributed by atoms with Gasteiger partial charge in [-0.15, -0.1) is 0 Å². The minimum absolute atomic E-state index is 0.241. The number of ether oxygens (including phenoxy) is 1. The number of nitrogens with two attached hydrogens (primary N) is 1. The zero-order chi connectivity index (χ0) is 14.0. The van der Waals surface area contributed by atoms with Crippen molar-refractivity contribution in [3.05, 3.63) is 46.2 Å². The van der Waals surface area contributed by atoms with Crippen LogP contribution in [0.2, 0.25) is 0 Å². The number of rotatable bonds is 4. The Kier molecular flexibility index (Phi) is 4.27. The summed E-state index contributed by atoms with van der Waals surface area (Å²) < 4.78 is 8.11.